The number of rotatable bonds is 17. The summed E-state index contributed by atoms with van der Waals surface area (Å²) < 4.78 is 52.4. The van der Waals surface area contributed by atoms with Crippen molar-refractivity contribution in [2.45, 2.75) is 51.2 Å². The van der Waals surface area contributed by atoms with E-state index in [1.807, 2.05) is 27.7 Å². The lowest BCUT2D eigenvalue weighted by molar-refractivity contribution is -0.383. The zero-order valence-electron chi connectivity index (χ0n) is 19.2. The van der Waals surface area contributed by atoms with Crippen molar-refractivity contribution in [1.82, 2.24) is 0 Å². The van der Waals surface area contributed by atoms with E-state index in [-0.39, 0.29) is 6.42 Å². The van der Waals surface area contributed by atoms with Gasteiger partial charge in [0.2, 0.25) is 0 Å². The second-order valence-electron chi connectivity index (χ2n) is 5.93. The fourth-order valence-corrected chi connectivity index (χ4v) is 12.4. The van der Waals surface area contributed by atoms with Gasteiger partial charge < -0.3 is 40.8 Å². The Morgan fingerprint density at radius 2 is 0.821 bits per heavy atom. The molecule has 170 valence electrons. The molecule has 0 aliphatic heterocycles. The minimum absolute atomic E-state index is 0.176. The van der Waals surface area contributed by atoms with Gasteiger partial charge in [0.25, 0.3) is 5.97 Å². The topological polar surface area (TPSA) is 83.1 Å². The number of hydrogen-bond donors (Lipinski definition) is 0. The summed E-state index contributed by atoms with van der Waals surface area (Å²) in [6.07, 6.45) is 0.668. The molecule has 0 N–H and O–H groups in total. The Morgan fingerprint density at radius 3 is 1.00 bits per heavy atom. The Kier molecular flexibility index (Phi) is 12.7. The molecule has 0 saturated heterocycles. The van der Waals surface area contributed by atoms with Gasteiger partial charge in [-0.05, 0) is 27.2 Å². The molecule has 0 atom stereocenters. The molecule has 0 fully saturated rings. The van der Waals surface area contributed by atoms with Crippen molar-refractivity contribution in [3.63, 3.8) is 0 Å². The Balaban J connectivity index is 6.88. The third-order valence-electron chi connectivity index (χ3n) is 5.00. The molecule has 0 aromatic rings. The van der Waals surface area contributed by atoms with Crippen molar-refractivity contribution in [2.75, 3.05) is 62.5 Å². The molecule has 0 amide bonds. The second kappa shape index (κ2) is 12.7. The lowest BCUT2D eigenvalue weighted by Gasteiger charge is -2.51. The molecule has 0 aromatic heterocycles. The van der Waals surface area contributed by atoms with Gasteiger partial charge in [-0.25, -0.2) is 0 Å². The van der Waals surface area contributed by atoms with Crippen LogP contribution in [-0.2, 0) is 40.8 Å². The predicted molar refractivity (Wildman–Crippen MR) is 109 cm³/mol. The van der Waals surface area contributed by atoms with Gasteiger partial charge in [0.1, 0.15) is 4.66 Å². The highest BCUT2D eigenvalue weighted by molar-refractivity contribution is 6.85. The van der Waals surface area contributed by atoms with E-state index in [0.29, 0.717) is 26.2 Å². The standard InChI is InChI=1S/C17H40O9Si2/c1-11-16(27(18-5,19-6)20-7,28(21-8,22-9)23-10)15-17(24-12-2,25-13-3)26-14-4/h11-15H2,1-10H3. The molecule has 0 aliphatic carbocycles. The van der Waals surface area contributed by atoms with Crippen molar-refractivity contribution < 1.29 is 40.8 Å². The second-order valence-corrected chi connectivity index (χ2v) is 13.0. The van der Waals surface area contributed by atoms with Crippen LogP contribution in [0.1, 0.15) is 40.5 Å². The average Bonchev–Trinajstić information content (AvgIpc) is 2.71. The van der Waals surface area contributed by atoms with E-state index < -0.39 is 28.2 Å². The predicted octanol–water partition coefficient (Wildman–Crippen LogP) is 2.59. The van der Waals surface area contributed by atoms with Crippen LogP contribution in [0.2, 0.25) is 4.66 Å². The van der Waals surface area contributed by atoms with Crippen molar-refractivity contribution in [1.29, 1.82) is 0 Å². The first-order chi connectivity index (χ1) is 13.3. The molecule has 0 heterocycles. The van der Waals surface area contributed by atoms with E-state index in [2.05, 4.69) is 0 Å². The van der Waals surface area contributed by atoms with E-state index in [4.69, 9.17) is 40.8 Å². The third-order valence-corrected chi connectivity index (χ3v) is 13.5. The van der Waals surface area contributed by atoms with Gasteiger partial charge in [0.05, 0.1) is 0 Å². The zero-order chi connectivity index (χ0) is 21.9. The normalized spacial score (nSPS) is 13.9. The summed E-state index contributed by atoms with van der Waals surface area (Å²) in [6, 6.07) is 0. The maximum Gasteiger partial charge on any atom is 0.511 e. The highest BCUT2D eigenvalue weighted by Crippen LogP contribution is 2.57. The monoisotopic (exact) mass is 444 g/mol. The van der Waals surface area contributed by atoms with Gasteiger partial charge in [-0.2, -0.15) is 0 Å². The largest absolute Gasteiger partial charge is 0.511 e. The summed E-state index contributed by atoms with van der Waals surface area (Å²) >= 11 is 0. The van der Waals surface area contributed by atoms with Gasteiger partial charge in [0, 0.05) is 68.9 Å². The molecular weight excluding hydrogens is 404 g/mol. The van der Waals surface area contributed by atoms with Crippen LogP contribution in [0.5, 0.6) is 0 Å². The van der Waals surface area contributed by atoms with Gasteiger partial charge in [-0.1, -0.05) is 6.92 Å². The molecule has 0 aliphatic rings. The van der Waals surface area contributed by atoms with Crippen LogP contribution in [0.4, 0.5) is 0 Å². The lowest BCUT2D eigenvalue weighted by atomic mass is 10.2. The first-order valence-electron chi connectivity index (χ1n) is 9.54. The fourth-order valence-electron chi connectivity index (χ4n) is 3.94. The van der Waals surface area contributed by atoms with Crippen LogP contribution in [0, 0.1) is 0 Å². The van der Waals surface area contributed by atoms with Crippen molar-refractivity contribution in [2.24, 2.45) is 0 Å². The molecule has 0 unspecified atom stereocenters. The lowest BCUT2D eigenvalue weighted by Crippen LogP contribution is -2.71. The van der Waals surface area contributed by atoms with Crippen LogP contribution in [0.15, 0.2) is 0 Å². The summed E-state index contributed by atoms with van der Waals surface area (Å²) in [5.41, 5.74) is 0. The Hall–Kier alpha value is 0.0738. The molecule has 0 aromatic carbocycles. The molecule has 0 spiro atoms. The summed E-state index contributed by atoms with van der Waals surface area (Å²) in [4.78, 5) is 0. The van der Waals surface area contributed by atoms with Crippen LogP contribution >= 0.6 is 0 Å². The maximum atomic E-state index is 5.99. The Labute approximate surface area is 172 Å². The highest BCUT2D eigenvalue weighted by Gasteiger charge is 2.77. The molecule has 9 nitrogen and oxygen atoms in total. The smallest absolute Gasteiger partial charge is 0.377 e. The summed E-state index contributed by atoms with van der Waals surface area (Å²) in [7, 11) is 2.40. The number of ether oxygens (including phenoxy) is 3. The van der Waals surface area contributed by atoms with Crippen LogP contribution in [0.25, 0.3) is 0 Å². The van der Waals surface area contributed by atoms with Crippen molar-refractivity contribution in [3.8, 4) is 0 Å². The number of hydrogen-bond acceptors (Lipinski definition) is 9. The first kappa shape index (κ1) is 28.1. The third kappa shape index (κ3) is 5.03. The summed E-state index contributed by atoms with van der Waals surface area (Å²) in [5, 5.41) is 0. The van der Waals surface area contributed by atoms with Crippen LogP contribution < -0.4 is 0 Å². The Morgan fingerprint density at radius 1 is 0.536 bits per heavy atom. The molecule has 11 heteroatoms. The molecule has 0 bridgehead atoms. The van der Waals surface area contributed by atoms with E-state index in [1.165, 1.54) is 0 Å². The quantitative estimate of drug-likeness (QED) is 0.248. The minimum Gasteiger partial charge on any atom is -0.377 e. The average molecular weight is 445 g/mol. The summed E-state index contributed by atoms with van der Waals surface area (Å²) in [6.45, 7) is 8.74. The maximum absolute atomic E-state index is 5.99. The molecule has 0 saturated carbocycles. The molecule has 28 heavy (non-hydrogen) atoms. The van der Waals surface area contributed by atoms with Crippen LogP contribution in [0.3, 0.4) is 0 Å². The van der Waals surface area contributed by atoms with Gasteiger partial charge >= 0.3 is 17.6 Å². The van der Waals surface area contributed by atoms with Crippen molar-refractivity contribution in [3.05, 3.63) is 0 Å². The minimum atomic E-state index is -3.45. The highest BCUT2D eigenvalue weighted by atomic mass is 28.5. The van der Waals surface area contributed by atoms with E-state index in [1.54, 1.807) is 42.7 Å². The van der Waals surface area contributed by atoms with Gasteiger partial charge in [-0.3, -0.25) is 0 Å². The van der Waals surface area contributed by atoms with Gasteiger partial charge in [-0.15, -0.1) is 0 Å². The van der Waals surface area contributed by atoms with Crippen molar-refractivity contribution >= 4 is 17.6 Å². The van der Waals surface area contributed by atoms with E-state index >= 15 is 0 Å². The fraction of sp³-hybridized carbons (Fsp3) is 1.00. The molecular formula is C17H40O9Si2. The molecule has 0 radical (unpaired) electrons. The van der Waals surface area contributed by atoms with Crippen LogP contribution in [-0.4, -0.2) is 86.1 Å². The van der Waals surface area contributed by atoms with E-state index in [0.717, 1.165) is 0 Å². The first-order valence-corrected chi connectivity index (χ1v) is 13.0. The van der Waals surface area contributed by atoms with Gasteiger partial charge in [0.15, 0.2) is 0 Å². The summed E-state index contributed by atoms with van der Waals surface area (Å²) in [5.74, 6) is -1.37. The zero-order valence-corrected chi connectivity index (χ0v) is 21.2. The van der Waals surface area contributed by atoms with E-state index in [9.17, 15) is 0 Å². The SMILES string of the molecule is CCOC(CC(CC)([Si](OC)(OC)OC)[Si](OC)(OC)OC)(OCC)OCC. The molecule has 0 rings (SSSR count). The Bertz CT molecular complexity index is 364.